The van der Waals surface area contributed by atoms with Crippen molar-refractivity contribution in [2.45, 2.75) is 6.54 Å². The van der Waals surface area contributed by atoms with Gasteiger partial charge in [0.15, 0.2) is 16.0 Å². The summed E-state index contributed by atoms with van der Waals surface area (Å²) >= 11 is 7.29. The second-order valence-corrected chi connectivity index (χ2v) is 6.40. The molecule has 0 aliphatic carbocycles. The molecule has 1 aliphatic heterocycles. The third kappa shape index (κ3) is 2.92. The van der Waals surface area contributed by atoms with Crippen LogP contribution in [0.4, 0.5) is 5.69 Å². The summed E-state index contributed by atoms with van der Waals surface area (Å²) in [5.74, 6) is 1.37. The second kappa shape index (κ2) is 6.01. The monoisotopic (exact) mass is 350 g/mol. The van der Waals surface area contributed by atoms with Gasteiger partial charge >= 0.3 is 0 Å². The van der Waals surface area contributed by atoms with E-state index in [1.54, 1.807) is 10.9 Å². The molecule has 10 heteroatoms. The van der Waals surface area contributed by atoms with Crippen molar-refractivity contribution in [3.05, 3.63) is 34.0 Å². The maximum atomic E-state index is 5.86. The van der Waals surface area contributed by atoms with Gasteiger partial charge in [0.05, 0.1) is 17.9 Å². The Morgan fingerprint density at radius 2 is 2.09 bits per heavy atom. The summed E-state index contributed by atoms with van der Waals surface area (Å²) in [5, 5.41) is 14.6. The quantitative estimate of drug-likeness (QED) is 0.771. The molecule has 4 rings (SSSR count). The molecule has 0 unspecified atom stereocenters. The van der Waals surface area contributed by atoms with Gasteiger partial charge in [-0.25, -0.2) is 4.98 Å². The largest absolute Gasteiger partial charge is 0.486 e. The SMILES string of the molecule is Clc1ncc(CNc2cc3c(cc2-n2cnnn2)OCCO3)s1. The van der Waals surface area contributed by atoms with Gasteiger partial charge in [0.2, 0.25) is 0 Å². The fraction of sp³-hybridized carbons (Fsp3) is 0.231. The number of nitrogens with one attached hydrogen (secondary N) is 1. The summed E-state index contributed by atoms with van der Waals surface area (Å²) in [6.45, 7) is 1.63. The van der Waals surface area contributed by atoms with Crippen molar-refractivity contribution in [2.75, 3.05) is 18.5 Å². The lowest BCUT2D eigenvalue weighted by Crippen LogP contribution is -2.16. The molecule has 1 N–H and O–H groups in total. The fourth-order valence-electron chi connectivity index (χ4n) is 2.23. The highest BCUT2D eigenvalue weighted by Gasteiger charge is 2.17. The van der Waals surface area contributed by atoms with Gasteiger partial charge in [0.1, 0.15) is 19.5 Å². The number of rotatable bonds is 4. The van der Waals surface area contributed by atoms with E-state index in [0.717, 1.165) is 16.3 Å². The van der Waals surface area contributed by atoms with Gasteiger partial charge in [-0.15, -0.1) is 16.4 Å². The van der Waals surface area contributed by atoms with Gasteiger partial charge in [-0.05, 0) is 10.4 Å². The Kier molecular flexibility index (Phi) is 3.72. The van der Waals surface area contributed by atoms with Crippen LogP contribution >= 0.6 is 22.9 Å². The Hall–Kier alpha value is -2.39. The van der Waals surface area contributed by atoms with Crippen molar-refractivity contribution < 1.29 is 9.47 Å². The third-order valence-corrected chi connectivity index (χ3v) is 4.35. The van der Waals surface area contributed by atoms with E-state index in [2.05, 4.69) is 25.8 Å². The zero-order valence-corrected chi connectivity index (χ0v) is 13.3. The lowest BCUT2D eigenvalue weighted by atomic mass is 10.2. The number of benzene rings is 1. The van der Waals surface area contributed by atoms with Crippen molar-refractivity contribution >= 4 is 28.6 Å². The number of ether oxygens (including phenoxy) is 2. The fourth-order valence-corrected chi connectivity index (χ4v) is 3.15. The highest BCUT2D eigenvalue weighted by atomic mass is 35.5. The van der Waals surface area contributed by atoms with E-state index in [9.17, 15) is 0 Å². The Balaban J connectivity index is 1.68. The number of fused-ring (bicyclic) bond motifs is 1. The minimum absolute atomic E-state index is 0.518. The van der Waals surface area contributed by atoms with E-state index >= 15 is 0 Å². The Bertz CT molecular complexity index is 822. The first-order valence-electron chi connectivity index (χ1n) is 6.81. The van der Waals surface area contributed by atoms with Gasteiger partial charge in [-0.3, -0.25) is 0 Å². The minimum Gasteiger partial charge on any atom is -0.486 e. The van der Waals surface area contributed by atoms with E-state index in [1.807, 2.05) is 12.1 Å². The lowest BCUT2D eigenvalue weighted by Gasteiger charge is -2.21. The van der Waals surface area contributed by atoms with Crippen LogP contribution in [0, 0.1) is 0 Å². The predicted molar refractivity (Wildman–Crippen MR) is 84.6 cm³/mol. The smallest absolute Gasteiger partial charge is 0.183 e. The summed E-state index contributed by atoms with van der Waals surface area (Å²) in [6.07, 6.45) is 3.27. The van der Waals surface area contributed by atoms with Crippen molar-refractivity contribution in [1.82, 2.24) is 25.2 Å². The molecule has 23 heavy (non-hydrogen) atoms. The zero-order chi connectivity index (χ0) is 15.6. The van der Waals surface area contributed by atoms with Gasteiger partial charge in [-0.1, -0.05) is 11.6 Å². The summed E-state index contributed by atoms with van der Waals surface area (Å²) in [5.41, 5.74) is 1.60. The number of anilines is 1. The van der Waals surface area contributed by atoms with E-state index in [1.165, 1.54) is 17.7 Å². The molecule has 0 bridgehead atoms. The van der Waals surface area contributed by atoms with Crippen LogP contribution in [0.15, 0.2) is 24.7 Å². The van der Waals surface area contributed by atoms with Crippen LogP contribution in [0.2, 0.25) is 4.47 Å². The molecule has 0 spiro atoms. The van der Waals surface area contributed by atoms with Crippen LogP contribution in [-0.2, 0) is 6.54 Å². The number of hydrogen-bond donors (Lipinski definition) is 1. The van der Waals surface area contributed by atoms with E-state index in [0.29, 0.717) is 35.7 Å². The zero-order valence-electron chi connectivity index (χ0n) is 11.8. The molecule has 0 saturated heterocycles. The van der Waals surface area contributed by atoms with Crippen LogP contribution in [0.3, 0.4) is 0 Å². The molecule has 8 nitrogen and oxygen atoms in total. The average Bonchev–Trinajstić information content (AvgIpc) is 3.23. The maximum absolute atomic E-state index is 5.86. The number of tetrazole rings is 1. The van der Waals surface area contributed by atoms with Crippen LogP contribution in [0.25, 0.3) is 5.69 Å². The normalized spacial score (nSPS) is 13.1. The molecular weight excluding hydrogens is 340 g/mol. The number of hydrogen-bond acceptors (Lipinski definition) is 8. The van der Waals surface area contributed by atoms with Crippen LogP contribution < -0.4 is 14.8 Å². The molecular formula is C13H11ClN6O2S. The van der Waals surface area contributed by atoms with E-state index < -0.39 is 0 Å². The van der Waals surface area contributed by atoms with E-state index in [-0.39, 0.29) is 0 Å². The van der Waals surface area contributed by atoms with Gasteiger partial charge < -0.3 is 14.8 Å². The topological polar surface area (TPSA) is 87.0 Å². The summed E-state index contributed by atoms with van der Waals surface area (Å²) in [4.78, 5) is 5.05. The molecule has 1 aromatic carbocycles. The Morgan fingerprint density at radius 3 is 2.78 bits per heavy atom. The van der Waals surface area contributed by atoms with Crippen molar-refractivity contribution in [2.24, 2.45) is 0 Å². The minimum atomic E-state index is 0.518. The number of thiazole rings is 1. The maximum Gasteiger partial charge on any atom is 0.183 e. The van der Waals surface area contributed by atoms with Crippen molar-refractivity contribution in [3.63, 3.8) is 0 Å². The molecule has 118 valence electrons. The Morgan fingerprint density at radius 1 is 1.26 bits per heavy atom. The van der Waals surface area contributed by atoms with E-state index in [4.69, 9.17) is 21.1 Å². The van der Waals surface area contributed by atoms with Crippen LogP contribution in [0.1, 0.15) is 4.88 Å². The third-order valence-electron chi connectivity index (χ3n) is 3.23. The first kappa shape index (κ1) is 14.2. The predicted octanol–water partition coefficient (Wildman–Crippen LogP) is 2.16. The molecule has 3 heterocycles. The molecule has 1 aliphatic rings. The van der Waals surface area contributed by atoms with Crippen LogP contribution in [0.5, 0.6) is 11.5 Å². The van der Waals surface area contributed by atoms with Gasteiger partial charge in [-0.2, -0.15) is 4.68 Å². The molecule has 0 radical (unpaired) electrons. The first-order valence-corrected chi connectivity index (χ1v) is 8.00. The summed E-state index contributed by atoms with van der Waals surface area (Å²) < 4.78 is 13.3. The van der Waals surface area contributed by atoms with Gasteiger partial charge in [0, 0.05) is 23.2 Å². The molecule has 0 atom stereocenters. The standard InChI is InChI=1S/C13H11ClN6O2S/c14-13-16-6-8(23-13)5-15-9-3-11-12(22-2-1-21-11)4-10(9)20-7-17-18-19-20/h3-4,6-7,15H,1-2,5H2. The highest BCUT2D eigenvalue weighted by Crippen LogP contribution is 2.37. The van der Waals surface area contributed by atoms with Crippen molar-refractivity contribution in [1.29, 1.82) is 0 Å². The van der Waals surface area contributed by atoms with Gasteiger partial charge in [0.25, 0.3) is 0 Å². The number of halogens is 1. The molecule has 3 aromatic rings. The second-order valence-electron chi connectivity index (χ2n) is 4.70. The molecule has 2 aromatic heterocycles. The molecule has 0 fully saturated rings. The summed E-state index contributed by atoms with van der Waals surface area (Å²) in [7, 11) is 0. The Labute approximate surface area is 140 Å². The average molecular weight is 351 g/mol. The number of nitrogens with zero attached hydrogens (tertiary/aromatic N) is 5. The van der Waals surface area contributed by atoms with Crippen LogP contribution in [-0.4, -0.2) is 38.4 Å². The first-order chi connectivity index (χ1) is 11.3. The number of aromatic nitrogens is 5. The highest BCUT2D eigenvalue weighted by molar-refractivity contribution is 7.15. The van der Waals surface area contributed by atoms with Crippen molar-refractivity contribution in [3.8, 4) is 17.2 Å². The molecule has 0 amide bonds. The lowest BCUT2D eigenvalue weighted by molar-refractivity contribution is 0.171. The summed E-state index contributed by atoms with van der Waals surface area (Å²) in [6, 6.07) is 3.74. The molecule has 0 saturated carbocycles.